The molecule has 0 aliphatic carbocycles. The Labute approximate surface area is 187 Å². The van der Waals surface area contributed by atoms with Gasteiger partial charge in [-0.3, -0.25) is 14.9 Å². The highest BCUT2D eigenvalue weighted by atomic mass is 35.5. The first-order valence-electron chi connectivity index (χ1n) is 9.69. The average Bonchev–Trinajstić information content (AvgIpc) is 3.27. The van der Waals surface area contributed by atoms with Crippen LogP contribution in [0.2, 0.25) is 5.02 Å². The van der Waals surface area contributed by atoms with Gasteiger partial charge in [0.25, 0.3) is 11.6 Å². The maximum atomic E-state index is 13.0. The third kappa shape index (κ3) is 4.55. The lowest BCUT2D eigenvalue weighted by Crippen LogP contribution is -2.26. The molecule has 3 aromatic carbocycles. The quantitative estimate of drug-likeness (QED) is 0.329. The van der Waals surface area contributed by atoms with Crippen LogP contribution in [-0.4, -0.2) is 23.4 Å². The van der Waals surface area contributed by atoms with E-state index < -0.39 is 22.9 Å². The van der Waals surface area contributed by atoms with E-state index in [0.29, 0.717) is 24.2 Å². The smallest absolute Gasteiger partial charge is 0.339 e. The van der Waals surface area contributed by atoms with E-state index in [1.54, 1.807) is 48.5 Å². The largest absolute Gasteiger partial charge is 0.493 e. The molecule has 0 aromatic heterocycles. The van der Waals surface area contributed by atoms with Gasteiger partial charge >= 0.3 is 5.97 Å². The molecule has 32 heavy (non-hydrogen) atoms. The number of nitro groups is 1. The highest BCUT2D eigenvalue weighted by Gasteiger charge is 2.27. The number of nitrogens with one attached hydrogen (secondary N) is 1. The van der Waals surface area contributed by atoms with Crippen molar-refractivity contribution in [3.63, 3.8) is 0 Å². The number of non-ortho nitro benzene ring substituents is 1. The Morgan fingerprint density at radius 3 is 2.59 bits per heavy atom. The van der Waals surface area contributed by atoms with Gasteiger partial charge < -0.3 is 14.8 Å². The fourth-order valence-electron chi connectivity index (χ4n) is 3.31. The van der Waals surface area contributed by atoms with Gasteiger partial charge in [0.05, 0.1) is 27.8 Å². The van der Waals surface area contributed by atoms with Crippen LogP contribution in [0.3, 0.4) is 0 Å². The predicted octanol–water partition coefficient (Wildman–Crippen LogP) is 4.72. The molecule has 1 aliphatic heterocycles. The van der Waals surface area contributed by atoms with Gasteiger partial charge in [0.1, 0.15) is 5.75 Å². The van der Waals surface area contributed by atoms with Crippen molar-refractivity contribution in [1.82, 2.24) is 0 Å². The van der Waals surface area contributed by atoms with E-state index in [1.165, 1.54) is 12.1 Å². The van der Waals surface area contributed by atoms with Crippen molar-refractivity contribution in [3.05, 3.63) is 98.6 Å². The van der Waals surface area contributed by atoms with Crippen LogP contribution in [0.25, 0.3) is 0 Å². The van der Waals surface area contributed by atoms with E-state index in [0.717, 1.165) is 17.4 Å². The number of esters is 1. The summed E-state index contributed by atoms with van der Waals surface area (Å²) < 4.78 is 11.0. The van der Waals surface area contributed by atoms with Gasteiger partial charge in [-0.2, -0.15) is 0 Å². The number of nitro benzene ring substituents is 1. The van der Waals surface area contributed by atoms with Crippen LogP contribution < -0.4 is 10.1 Å². The zero-order valence-electron chi connectivity index (χ0n) is 16.6. The molecule has 0 fully saturated rings. The second kappa shape index (κ2) is 9.07. The topological polar surface area (TPSA) is 108 Å². The van der Waals surface area contributed by atoms with Crippen LogP contribution in [-0.2, 0) is 16.0 Å². The number of amides is 1. The van der Waals surface area contributed by atoms with Crippen molar-refractivity contribution in [2.24, 2.45) is 0 Å². The number of halogens is 1. The van der Waals surface area contributed by atoms with E-state index in [-0.39, 0.29) is 16.4 Å². The van der Waals surface area contributed by atoms with E-state index in [2.05, 4.69) is 5.32 Å². The molecule has 1 N–H and O–H groups in total. The second-order valence-electron chi connectivity index (χ2n) is 7.03. The van der Waals surface area contributed by atoms with Crippen LogP contribution in [0, 0.1) is 10.1 Å². The summed E-state index contributed by atoms with van der Waals surface area (Å²) in [5.41, 5.74) is 1.61. The van der Waals surface area contributed by atoms with Crippen LogP contribution >= 0.6 is 11.6 Å². The molecule has 8 nitrogen and oxygen atoms in total. The van der Waals surface area contributed by atoms with Crippen molar-refractivity contribution in [2.75, 3.05) is 11.9 Å². The molecule has 1 unspecified atom stereocenters. The fourth-order valence-corrected chi connectivity index (χ4v) is 3.53. The second-order valence-corrected chi connectivity index (χ2v) is 7.43. The number of benzene rings is 3. The number of fused-ring (bicyclic) bond motifs is 1. The summed E-state index contributed by atoms with van der Waals surface area (Å²) in [5, 5.41) is 13.5. The monoisotopic (exact) mass is 452 g/mol. The first kappa shape index (κ1) is 21.3. The highest BCUT2D eigenvalue weighted by Crippen LogP contribution is 2.30. The van der Waals surface area contributed by atoms with Gasteiger partial charge in [-0.1, -0.05) is 41.9 Å². The van der Waals surface area contributed by atoms with Crippen molar-refractivity contribution >= 4 is 34.9 Å². The minimum atomic E-state index is -1.26. The molecule has 0 bridgehead atoms. The lowest BCUT2D eigenvalue weighted by Gasteiger charge is -2.19. The van der Waals surface area contributed by atoms with Gasteiger partial charge in [-0.05, 0) is 29.8 Å². The minimum Gasteiger partial charge on any atom is -0.493 e. The Morgan fingerprint density at radius 2 is 1.88 bits per heavy atom. The summed E-state index contributed by atoms with van der Waals surface area (Å²) in [4.78, 5) is 36.2. The maximum absolute atomic E-state index is 13.0. The van der Waals surface area contributed by atoms with E-state index in [1.807, 2.05) is 0 Å². The van der Waals surface area contributed by atoms with Crippen molar-refractivity contribution < 1.29 is 24.0 Å². The van der Waals surface area contributed by atoms with Gasteiger partial charge in [0.2, 0.25) is 6.10 Å². The van der Waals surface area contributed by atoms with Crippen LogP contribution in [0.4, 0.5) is 11.4 Å². The predicted molar refractivity (Wildman–Crippen MR) is 117 cm³/mol. The number of carbonyl (C=O) groups excluding carboxylic acids is 2. The molecule has 0 saturated heterocycles. The van der Waals surface area contributed by atoms with E-state index >= 15 is 0 Å². The summed E-state index contributed by atoms with van der Waals surface area (Å²) in [6.45, 7) is 0.554. The molecule has 4 rings (SSSR count). The molecule has 162 valence electrons. The average molecular weight is 453 g/mol. The standard InChI is InChI=1S/C23H17ClN2O6/c24-18-13-17(26(29)30)7-8-19(18)25-22(27)21(14-4-2-1-3-5-14)32-23(28)16-6-9-20-15(12-16)10-11-31-20/h1-9,12-13,21H,10-11H2,(H,25,27). The number of hydrogen-bond acceptors (Lipinski definition) is 6. The number of ether oxygens (including phenoxy) is 2. The molecular formula is C23H17ClN2O6. The number of nitrogens with zero attached hydrogens (tertiary/aromatic N) is 1. The van der Waals surface area contributed by atoms with Crippen molar-refractivity contribution in [3.8, 4) is 5.75 Å². The minimum absolute atomic E-state index is 0.00990. The fraction of sp³-hybridized carbons (Fsp3) is 0.130. The van der Waals surface area contributed by atoms with E-state index in [4.69, 9.17) is 21.1 Å². The first-order chi connectivity index (χ1) is 15.4. The van der Waals surface area contributed by atoms with E-state index in [9.17, 15) is 19.7 Å². The summed E-state index contributed by atoms with van der Waals surface area (Å²) in [5.74, 6) is -0.588. The summed E-state index contributed by atoms with van der Waals surface area (Å²) >= 11 is 6.09. The lowest BCUT2D eigenvalue weighted by atomic mass is 10.1. The molecule has 1 atom stereocenters. The molecule has 9 heteroatoms. The molecule has 1 heterocycles. The molecule has 3 aromatic rings. The van der Waals surface area contributed by atoms with Crippen LogP contribution in [0.1, 0.15) is 27.6 Å². The molecular weight excluding hydrogens is 436 g/mol. The summed E-state index contributed by atoms with van der Waals surface area (Å²) in [6, 6.07) is 17.2. The number of hydrogen-bond donors (Lipinski definition) is 1. The first-order valence-corrected chi connectivity index (χ1v) is 10.1. The third-order valence-corrected chi connectivity index (χ3v) is 5.22. The highest BCUT2D eigenvalue weighted by molar-refractivity contribution is 6.34. The number of anilines is 1. The van der Waals surface area contributed by atoms with Crippen LogP contribution in [0.15, 0.2) is 66.7 Å². The van der Waals surface area contributed by atoms with Crippen LogP contribution in [0.5, 0.6) is 5.75 Å². The Bertz CT molecular complexity index is 1200. The molecule has 1 amide bonds. The summed E-state index contributed by atoms with van der Waals surface area (Å²) in [7, 11) is 0. The third-order valence-electron chi connectivity index (χ3n) is 4.91. The molecule has 0 spiro atoms. The Kier molecular flexibility index (Phi) is 6.04. The molecule has 1 aliphatic rings. The van der Waals surface area contributed by atoms with Gasteiger partial charge in [0, 0.05) is 24.1 Å². The Balaban J connectivity index is 1.58. The Hall–Kier alpha value is -3.91. The van der Waals surface area contributed by atoms with Gasteiger partial charge in [-0.25, -0.2) is 4.79 Å². The zero-order valence-corrected chi connectivity index (χ0v) is 17.4. The zero-order chi connectivity index (χ0) is 22.7. The van der Waals surface area contributed by atoms with Crippen molar-refractivity contribution in [1.29, 1.82) is 0 Å². The van der Waals surface area contributed by atoms with Gasteiger partial charge in [-0.15, -0.1) is 0 Å². The number of rotatable bonds is 6. The maximum Gasteiger partial charge on any atom is 0.339 e. The molecule has 0 radical (unpaired) electrons. The lowest BCUT2D eigenvalue weighted by molar-refractivity contribution is -0.384. The summed E-state index contributed by atoms with van der Waals surface area (Å²) in [6.07, 6.45) is -0.572. The number of carbonyl (C=O) groups is 2. The molecule has 0 saturated carbocycles. The SMILES string of the molecule is O=C(OC(C(=O)Nc1ccc([N+](=O)[O-])cc1Cl)c1ccccc1)c1ccc2c(c1)CCO2. The van der Waals surface area contributed by atoms with Crippen molar-refractivity contribution in [2.45, 2.75) is 12.5 Å². The normalized spacial score (nSPS) is 12.9. The van der Waals surface area contributed by atoms with Gasteiger partial charge in [0.15, 0.2) is 0 Å². The Morgan fingerprint density at radius 1 is 1.09 bits per heavy atom.